The molecule has 4 saturated heterocycles. The molecule has 4 heterocycles. The zero-order valence-corrected chi connectivity index (χ0v) is 45.4. The summed E-state index contributed by atoms with van der Waals surface area (Å²) >= 11 is 0. The average molecular weight is 1120 g/mol. The molecule has 24 heteroatoms. The quantitative estimate of drug-likeness (QED) is 0.0643. The van der Waals surface area contributed by atoms with Crippen molar-refractivity contribution < 1.29 is 119 Å². The maximum Gasteiger partial charge on any atom is 0.315 e. The van der Waals surface area contributed by atoms with Crippen molar-refractivity contribution in [1.29, 1.82) is 0 Å². The predicted octanol–water partition coefficient (Wildman–Crippen LogP) is -3.06. The van der Waals surface area contributed by atoms with Gasteiger partial charge in [0, 0.05) is 5.41 Å². The first-order valence-electron chi connectivity index (χ1n) is 28.0. The number of ether oxygens (including phenoxy) is 8. The Morgan fingerprint density at radius 3 is 1.64 bits per heavy atom. The molecule has 78 heavy (non-hydrogen) atoms. The highest BCUT2D eigenvalue weighted by Gasteiger charge is 2.70. The van der Waals surface area contributed by atoms with E-state index in [0.717, 1.165) is 25.7 Å². The van der Waals surface area contributed by atoms with E-state index >= 15 is 4.79 Å². The molecule has 9 aliphatic rings. The number of esters is 1. The van der Waals surface area contributed by atoms with Crippen molar-refractivity contribution in [3.05, 3.63) is 11.6 Å². The number of aliphatic hydroxyl groups excluding tert-OH is 15. The molecule has 448 valence electrons. The number of fused-ring (bicyclic) bond motifs is 7. The van der Waals surface area contributed by atoms with E-state index in [-0.39, 0.29) is 46.0 Å². The molecule has 0 aromatic carbocycles. The maximum absolute atomic E-state index is 15.5. The number of hydrogen-bond donors (Lipinski definition) is 15. The third-order valence-corrected chi connectivity index (χ3v) is 21.5. The summed E-state index contributed by atoms with van der Waals surface area (Å²) in [6.45, 7) is 10.3. The Balaban J connectivity index is 0.972. The van der Waals surface area contributed by atoms with Crippen molar-refractivity contribution in [3.63, 3.8) is 0 Å². The minimum Gasteiger partial charge on any atom is -0.432 e. The zero-order valence-electron chi connectivity index (χ0n) is 45.4. The highest BCUT2D eigenvalue weighted by Crippen LogP contribution is 2.76. The van der Waals surface area contributed by atoms with E-state index in [1.807, 2.05) is 6.92 Å². The summed E-state index contributed by atoms with van der Waals surface area (Å²) < 4.78 is 46.7. The minimum atomic E-state index is -2.03. The molecule has 4 saturated carbocycles. The van der Waals surface area contributed by atoms with Gasteiger partial charge in [0.05, 0.1) is 44.6 Å². The third-order valence-electron chi connectivity index (χ3n) is 21.5. The Morgan fingerprint density at radius 1 is 0.551 bits per heavy atom. The van der Waals surface area contributed by atoms with E-state index in [4.69, 9.17) is 37.9 Å². The van der Waals surface area contributed by atoms with Crippen molar-refractivity contribution in [2.75, 3.05) is 33.0 Å². The fraction of sp³-hybridized carbons (Fsp3) is 0.944. The van der Waals surface area contributed by atoms with E-state index in [1.54, 1.807) is 0 Å². The van der Waals surface area contributed by atoms with Crippen LogP contribution in [0.2, 0.25) is 0 Å². The van der Waals surface area contributed by atoms with Crippen LogP contribution in [0, 0.1) is 50.2 Å². The SMILES string of the molecule is CC1(C)CC[C@]2(C(=O)O[C@@H]3O[C@H](CO[C@@H]4O[C@H](CO[C@H]5O[C@H](CO)[C@H](O)[C@H](O)[C@H]5O)[C@@H](O)[C@H](O)[C@H]4O)[C@@H](O)[C@H](O[C@@H]4O[C@H](CO)[C@@H](O)[C@H](O)[C@H]4O)[C@H]3O)CC[C@]3(C)C(=CC[C@@H]4[C@@]5(C)CC[C@H](O)[C@@](C)(CO)[C@@H]5CC[C@]43C)[C@@H]2C1. The molecule has 15 N–H and O–H groups in total. The zero-order chi connectivity index (χ0) is 57.0. The monoisotopic (exact) mass is 1120 g/mol. The molecule has 4 aliphatic heterocycles. The van der Waals surface area contributed by atoms with Crippen molar-refractivity contribution >= 4 is 5.97 Å². The molecule has 8 fully saturated rings. The molecule has 0 aromatic rings. The van der Waals surface area contributed by atoms with Gasteiger partial charge in [-0.05, 0) is 104 Å². The summed E-state index contributed by atoms with van der Waals surface area (Å²) in [5.41, 5.74) is -1.48. The fourth-order valence-electron chi connectivity index (χ4n) is 16.3. The van der Waals surface area contributed by atoms with Crippen LogP contribution in [0.3, 0.4) is 0 Å². The average Bonchev–Trinajstić information content (AvgIpc) is 3.15. The molecule has 0 aromatic heterocycles. The molecule has 0 unspecified atom stereocenters. The Morgan fingerprint density at radius 2 is 1.06 bits per heavy atom. The lowest BCUT2D eigenvalue weighted by Gasteiger charge is -2.71. The lowest BCUT2D eigenvalue weighted by atomic mass is 9.33. The smallest absolute Gasteiger partial charge is 0.315 e. The first-order chi connectivity index (χ1) is 36.6. The topological polar surface area (TPSA) is 394 Å². The maximum atomic E-state index is 15.5. The lowest BCUT2D eigenvalue weighted by Crippen LogP contribution is -2.66. The molecule has 9 rings (SSSR count). The van der Waals surface area contributed by atoms with Gasteiger partial charge < -0.3 is 114 Å². The van der Waals surface area contributed by atoms with E-state index in [2.05, 4.69) is 40.7 Å². The van der Waals surface area contributed by atoms with Crippen LogP contribution in [0.5, 0.6) is 0 Å². The summed E-state index contributed by atoms with van der Waals surface area (Å²) in [6, 6.07) is 0. The molecule has 5 aliphatic carbocycles. The summed E-state index contributed by atoms with van der Waals surface area (Å²) in [4.78, 5) is 15.5. The number of allylic oxidation sites excluding steroid dienone is 2. The number of carbonyl (C=O) groups excluding carboxylic acids is 1. The molecule has 0 amide bonds. The van der Waals surface area contributed by atoms with Crippen molar-refractivity contribution in [1.82, 2.24) is 0 Å². The third kappa shape index (κ3) is 9.96. The van der Waals surface area contributed by atoms with Crippen molar-refractivity contribution in [2.24, 2.45) is 50.2 Å². The van der Waals surface area contributed by atoms with E-state index in [9.17, 15) is 76.6 Å². The van der Waals surface area contributed by atoms with E-state index in [0.29, 0.717) is 38.5 Å². The Labute approximate surface area is 453 Å². The molecule has 29 atom stereocenters. The van der Waals surface area contributed by atoms with Gasteiger partial charge in [-0.1, -0.05) is 53.2 Å². The van der Waals surface area contributed by atoms with Crippen LogP contribution in [-0.2, 0) is 42.7 Å². The lowest BCUT2D eigenvalue weighted by molar-refractivity contribution is -0.364. The Bertz CT molecular complexity index is 2130. The van der Waals surface area contributed by atoms with Crippen LogP contribution in [0.25, 0.3) is 0 Å². The van der Waals surface area contributed by atoms with Gasteiger partial charge in [-0.15, -0.1) is 0 Å². The van der Waals surface area contributed by atoms with Crippen LogP contribution in [-0.4, -0.2) is 245 Å². The van der Waals surface area contributed by atoms with Crippen LogP contribution in [0.4, 0.5) is 0 Å². The Hall–Kier alpha value is -1.67. The number of carbonyl (C=O) groups is 1. The van der Waals surface area contributed by atoms with Gasteiger partial charge >= 0.3 is 5.97 Å². The number of hydrogen-bond acceptors (Lipinski definition) is 24. The minimum absolute atomic E-state index is 0.103. The summed E-state index contributed by atoms with van der Waals surface area (Å²) in [6.07, 6.45) is -27.5. The first kappa shape index (κ1) is 60.9. The highest BCUT2D eigenvalue weighted by atomic mass is 16.8. The standard InChI is InChI=1S/C54H88O24/c1-49(2)13-15-54(16-14-52(5)23(24(54)17-49)7-8-30-50(3)11-10-31(58)51(4,22-57)29(50)9-12-53(30,52)6)48(70)78-47-42(69)43(77-46-41(68)37(64)33(60)26(19-56)74-46)35(62)28(76-47)21-72-45-40(67)38(65)34(61)27(75-45)20-71-44-39(66)36(63)32(59)25(18-55)73-44/h7,24-47,55-69H,8-22H2,1-6H3/t24-,25+,26+,27+,28+,29+,30+,31-,32-,33+,34+,35+,36-,37-,38-,39+,40+,41+,42+,43-,44-,45+,46-,47-,50-,51-,52+,53+,54-/m0/s1. The van der Waals surface area contributed by atoms with Crippen LogP contribution < -0.4 is 0 Å². The summed E-state index contributed by atoms with van der Waals surface area (Å²) in [7, 11) is 0. The van der Waals surface area contributed by atoms with Gasteiger partial charge in [-0.25, -0.2) is 0 Å². The normalized spacial score (nSPS) is 54.1. The molecule has 0 bridgehead atoms. The van der Waals surface area contributed by atoms with Gasteiger partial charge in [-0.2, -0.15) is 0 Å². The fourth-order valence-corrected chi connectivity index (χ4v) is 16.3. The van der Waals surface area contributed by atoms with Crippen molar-refractivity contribution in [2.45, 2.75) is 235 Å². The van der Waals surface area contributed by atoms with Gasteiger partial charge in [0.2, 0.25) is 6.29 Å². The van der Waals surface area contributed by atoms with Gasteiger partial charge in [-0.3, -0.25) is 4.79 Å². The summed E-state index contributed by atoms with van der Waals surface area (Å²) in [5.74, 6) is -0.643. The van der Waals surface area contributed by atoms with Gasteiger partial charge in [0.1, 0.15) is 97.7 Å². The van der Waals surface area contributed by atoms with Crippen LogP contribution in [0.15, 0.2) is 11.6 Å². The number of rotatable bonds is 13. The van der Waals surface area contributed by atoms with E-state index in [1.165, 1.54) is 5.57 Å². The predicted molar refractivity (Wildman–Crippen MR) is 264 cm³/mol. The molecule has 24 nitrogen and oxygen atoms in total. The molecule has 0 spiro atoms. The van der Waals surface area contributed by atoms with Gasteiger partial charge in [0.25, 0.3) is 0 Å². The second-order valence-corrected chi connectivity index (χ2v) is 26.2. The van der Waals surface area contributed by atoms with Crippen LogP contribution >= 0.6 is 0 Å². The number of aliphatic hydroxyl groups is 15. The second-order valence-electron chi connectivity index (χ2n) is 26.2. The highest BCUT2D eigenvalue weighted by molar-refractivity contribution is 5.79. The second kappa shape index (κ2) is 22.4. The first-order valence-corrected chi connectivity index (χ1v) is 28.0. The summed E-state index contributed by atoms with van der Waals surface area (Å²) in [5, 5.41) is 162. The Kier molecular flexibility index (Phi) is 17.5. The van der Waals surface area contributed by atoms with E-state index < -0.39 is 172 Å². The molecule has 0 radical (unpaired) electrons. The van der Waals surface area contributed by atoms with Crippen LogP contribution in [0.1, 0.15) is 106 Å². The van der Waals surface area contributed by atoms with Gasteiger partial charge in [0.15, 0.2) is 18.9 Å². The largest absolute Gasteiger partial charge is 0.432 e. The van der Waals surface area contributed by atoms with Crippen molar-refractivity contribution in [3.8, 4) is 0 Å². The molecular weight excluding hydrogens is 1030 g/mol. The molecular formula is C54H88O24.